The van der Waals surface area contributed by atoms with Crippen molar-refractivity contribution in [2.45, 2.75) is 19.2 Å². The molecule has 84 valence electrons. The molecule has 1 unspecified atom stereocenters. The highest BCUT2D eigenvalue weighted by Crippen LogP contribution is 2.37. The van der Waals surface area contributed by atoms with Gasteiger partial charge in [-0.3, -0.25) is 0 Å². The van der Waals surface area contributed by atoms with E-state index in [2.05, 4.69) is 60.1 Å². The third-order valence-corrected chi connectivity index (χ3v) is 5.28. The van der Waals surface area contributed by atoms with Crippen molar-refractivity contribution in [3.05, 3.63) is 55.7 Å². The first kappa shape index (κ1) is 12.2. The fourth-order valence-electron chi connectivity index (χ4n) is 1.60. The van der Waals surface area contributed by atoms with Crippen molar-refractivity contribution in [2.75, 3.05) is 0 Å². The lowest BCUT2D eigenvalue weighted by Crippen LogP contribution is -1.90. The summed E-state index contributed by atoms with van der Waals surface area (Å²) in [5, 5.41) is -0.0464. The van der Waals surface area contributed by atoms with Crippen molar-refractivity contribution < 1.29 is 0 Å². The fraction of sp³-hybridized carbons (Fsp3) is 0.231. The molecular formula is C13H12BrClS. The van der Waals surface area contributed by atoms with E-state index in [-0.39, 0.29) is 5.38 Å². The summed E-state index contributed by atoms with van der Waals surface area (Å²) in [5.41, 5.74) is 3.66. The molecule has 0 N–H and O–H groups in total. The Kier molecular flexibility index (Phi) is 3.73. The van der Waals surface area contributed by atoms with Crippen molar-refractivity contribution in [2.24, 2.45) is 0 Å². The van der Waals surface area contributed by atoms with Crippen LogP contribution in [0.25, 0.3) is 0 Å². The lowest BCUT2D eigenvalue weighted by atomic mass is 10.1. The number of aryl methyl sites for hydroxylation is 2. The summed E-state index contributed by atoms with van der Waals surface area (Å²) in [6, 6.07) is 10.5. The van der Waals surface area contributed by atoms with Gasteiger partial charge >= 0.3 is 0 Å². The molecule has 0 amide bonds. The highest BCUT2D eigenvalue weighted by Gasteiger charge is 2.14. The van der Waals surface area contributed by atoms with Crippen LogP contribution in [0.4, 0.5) is 0 Å². The van der Waals surface area contributed by atoms with Gasteiger partial charge < -0.3 is 0 Å². The van der Waals surface area contributed by atoms with Gasteiger partial charge in [-0.25, -0.2) is 0 Å². The number of benzene rings is 1. The minimum Gasteiger partial charge on any atom is -0.131 e. The molecule has 2 aromatic rings. The topological polar surface area (TPSA) is 0 Å². The van der Waals surface area contributed by atoms with Gasteiger partial charge in [-0.15, -0.1) is 22.9 Å². The Bertz CT molecular complexity index is 485. The Labute approximate surface area is 113 Å². The first-order valence-electron chi connectivity index (χ1n) is 5.04. The van der Waals surface area contributed by atoms with E-state index in [0.29, 0.717) is 0 Å². The van der Waals surface area contributed by atoms with Crippen LogP contribution in [0.3, 0.4) is 0 Å². The van der Waals surface area contributed by atoms with Crippen LogP contribution in [0.2, 0.25) is 0 Å². The van der Waals surface area contributed by atoms with E-state index in [9.17, 15) is 0 Å². The van der Waals surface area contributed by atoms with E-state index in [1.807, 2.05) is 0 Å². The molecule has 1 aromatic carbocycles. The van der Waals surface area contributed by atoms with Gasteiger partial charge in [0, 0.05) is 4.88 Å². The van der Waals surface area contributed by atoms with Crippen molar-refractivity contribution in [1.82, 2.24) is 0 Å². The van der Waals surface area contributed by atoms with Gasteiger partial charge in [0.05, 0.1) is 9.16 Å². The van der Waals surface area contributed by atoms with Gasteiger partial charge in [0.1, 0.15) is 0 Å². The van der Waals surface area contributed by atoms with Gasteiger partial charge in [0.15, 0.2) is 0 Å². The highest BCUT2D eigenvalue weighted by molar-refractivity contribution is 9.11. The van der Waals surface area contributed by atoms with Crippen molar-refractivity contribution in [1.29, 1.82) is 0 Å². The van der Waals surface area contributed by atoms with E-state index in [1.165, 1.54) is 19.8 Å². The predicted molar refractivity (Wildman–Crippen MR) is 75.6 cm³/mol. The van der Waals surface area contributed by atoms with Crippen LogP contribution in [-0.4, -0.2) is 0 Å². The molecule has 0 aliphatic heterocycles. The molecule has 0 fully saturated rings. The Morgan fingerprint density at radius 1 is 1.25 bits per heavy atom. The molecule has 0 aliphatic rings. The zero-order chi connectivity index (χ0) is 11.7. The monoisotopic (exact) mass is 314 g/mol. The standard InChI is InChI=1S/C13H12BrClS/c1-8-4-3-5-10(6-8)12(15)11-7-9(2)13(14)16-11/h3-7,12H,1-2H3. The number of alkyl halides is 1. The second-order valence-electron chi connectivity index (χ2n) is 3.88. The number of hydrogen-bond donors (Lipinski definition) is 0. The first-order valence-corrected chi connectivity index (χ1v) is 7.09. The summed E-state index contributed by atoms with van der Waals surface area (Å²) >= 11 is 11.7. The lowest BCUT2D eigenvalue weighted by molar-refractivity contribution is 1.17. The molecule has 0 radical (unpaired) electrons. The van der Waals surface area contributed by atoms with Crippen LogP contribution in [0.5, 0.6) is 0 Å². The third-order valence-electron chi connectivity index (χ3n) is 2.46. The average Bonchev–Trinajstić information content (AvgIpc) is 2.58. The zero-order valence-corrected chi connectivity index (χ0v) is 12.3. The van der Waals surface area contributed by atoms with Gasteiger partial charge in [0.2, 0.25) is 0 Å². The second kappa shape index (κ2) is 4.91. The van der Waals surface area contributed by atoms with Gasteiger partial charge in [-0.2, -0.15) is 0 Å². The summed E-state index contributed by atoms with van der Waals surface area (Å²) in [6.45, 7) is 4.17. The Morgan fingerprint density at radius 3 is 2.56 bits per heavy atom. The van der Waals surface area contributed by atoms with E-state index >= 15 is 0 Å². The normalized spacial score (nSPS) is 12.8. The highest BCUT2D eigenvalue weighted by atomic mass is 79.9. The van der Waals surface area contributed by atoms with E-state index in [0.717, 1.165) is 5.56 Å². The molecule has 0 saturated heterocycles. The van der Waals surface area contributed by atoms with Crippen molar-refractivity contribution in [3.8, 4) is 0 Å². The molecule has 1 heterocycles. The van der Waals surface area contributed by atoms with Crippen LogP contribution in [-0.2, 0) is 0 Å². The summed E-state index contributed by atoms with van der Waals surface area (Å²) in [7, 11) is 0. The third kappa shape index (κ3) is 2.50. The largest absolute Gasteiger partial charge is 0.131 e. The van der Waals surface area contributed by atoms with Crippen molar-refractivity contribution in [3.63, 3.8) is 0 Å². The number of thiophene rings is 1. The molecule has 0 nitrogen and oxygen atoms in total. The van der Waals surface area contributed by atoms with E-state index < -0.39 is 0 Å². The fourth-order valence-corrected chi connectivity index (χ4v) is 3.51. The molecule has 3 heteroatoms. The smallest absolute Gasteiger partial charge is 0.0928 e. The zero-order valence-electron chi connectivity index (χ0n) is 9.13. The molecule has 0 bridgehead atoms. The maximum absolute atomic E-state index is 6.48. The number of rotatable bonds is 2. The van der Waals surface area contributed by atoms with Crippen LogP contribution in [0, 0.1) is 13.8 Å². The molecule has 16 heavy (non-hydrogen) atoms. The number of halogens is 2. The maximum atomic E-state index is 6.48. The Balaban J connectivity index is 2.35. The number of hydrogen-bond acceptors (Lipinski definition) is 1. The quantitative estimate of drug-likeness (QED) is 0.646. The molecule has 1 atom stereocenters. The van der Waals surface area contributed by atoms with Gasteiger partial charge in [-0.1, -0.05) is 29.8 Å². The van der Waals surface area contributed by atoms with Crippen LogP contribution in [0.15, 0.2) is 34.1 Å². The second-order valence-corrected chi connectivity index (χ2v) is 6.72. The Morgan fingerprint density at radius 2 is 2.00 bits per heavy atom. The average molecular weight is 316 g/mol. The van der Waals surface area contributed by atoms with Gasteiger partial charge in [0.25, 0.3) is 0 Å². The van der Waals surface area contributed by atoms with Crippen LogP contribution in [0.1, 0.15) is 26.9 Å². The molecule has 1 aromatic heterocycles. The van der Waals surface area contributed by atoms with Gasteiger partial charge in [-0.05, 0) is 47.0 Å². The van der Waals surface area contributed by atoms with E-state index in [4.69, 9.17) is 11.6 Å². The maximum Gasteiger partial charge on any atom is 0.0928 e. The molecule has 0 aliphatic carbocycles. The summed E-state index contributed by atoms with van der Waals surface area (Å²) < 4.78 is 1.17. The predicted octanol–water partition coefficient (Wildman–Crippen LogP) is 5.46. The SMILES string of the molecule is Cc1cccc(C(Cl)c2cc(C)c(Br)s2)c1. The molecule has 2 rings (SSSR count). The molecule has 0 saturated carbocycles. The molecule has 0 spiro atoms. The van der Waals surface area contributed by atoms with Crippen LogP contribution < -0.4 is 0 Å². The van der Waals surface area contributed by atoms with Crippen molar-refractivity contribution >= 4 is 38.9 Å². The minimum atomic E-state index is -0.0464. The minimum absolute atomic E-state index is 0.0464. The summed E-state index contributed by atoms with van der Waals surface area (Å²) in [6.07, 6.45) is 0. The molecular weight excluding hydrogens is 304 g/mol. The Hall–Kier alpha value is -0.310. The van der Waals surface area contributed by atoms with Crippen LogP contribution >= 0.6 is 38.9 Å². The summed E-state index contributed by atoms with van der Waals surface area (Å²) in [5.74, 6) is 0. The lowest BCUT2D eigenvalue weighted by Gasteiger charge is -2.08. The van der Waals surface area contributed by atoms with E-state index in [1.54, 1.807) is 11.3 Å². The summed E-state index contributed by atoms with van der Waals surface area (Å²) in [4.78, 5) is 1.19. The first-order chi connectivity index (χ1) is 7.58.